The monoisotopic (exact) mass is 510 g/mol. The smallest absolute Gasteiger partial charge is 0.490 e. The lowest BCUT2D eigenvalue weighted by Crippen LogP contribution is -2.21. The Kier molecular flexibility index (Phi) is 7.61. The summed E-state index contributed by atoms with van der Waals surface area (Å²) in [6, 6.07) is 8.25. The minimum absolute atomic E-state index is 0.0933. The van der Waals surface area contributed by atoms with Crippen LogP contribution in [0.3, 0.4) is 0 Å². The van der Waals surface area contributed by atoms with Crippen molar-refractivity contribution >= 4 is 40.0 Å². The summed E-state index contributed by atoms with van der Waals surface area (Å²) in [4.78, 5) is 29.3. The largest absolute Gasteiger partial charge is 0.508 e. The number of fused-ring (bicyclic) bond motifs is 1. The Morgan fingerprint density at radius 2 is 1.81 bits per heavy atom. The summed E-state index contributed by atoms with van der Waals surface area (Å²) in [5.74, 6) is -4.89. The van der Waals surface area contributed by atoms with Crippen LogP contribution in [0.25, 0.3) is 10.9 Å². The van der Waals surface area contributed by atoms with E-state index >= 15 is 0 Å². The van der Waals surface area contributed by atoms with Crippen molar-refractivity contribution in [2.45, 2.75) is 12.7 Å². The zero-order valence-corrected chi connectivity index (χ0v) is 17.8. The molecule has 0 saturated heterocycles. The summed E-state index contributed by atoms with van der Waals surface area (Å²) in [6.45, 7) is -0.198. The molecule has 0 saturated carbocycles. The highest BCUT2D eigenvalue weighted by Gasteiger charge is 2.38. The van der Waals surface area contributed by atoms with E-state index in [1.807, 2.05) is 0 Å². The zero-order valence-electron chi connectivity index (χ0n) is 17.8. The molecule has 0 aliphatic heterocycles. The molecule has 4 N–H and O–H groups in total. The highest BCUT2D eigenvalue weighted by molar-refractivity contribution is 5.92. The van der Waals surface area contributed by atoms with Crippen molar-refractivity contribution in [3.8, 4) is 5.75 Å². The van der Waals surface area contributed by atoms with Gasteiger partial charge in [0.05, 0.1) is 23.1 Å². The molecule has 4 rings (SSSR count). The van der Waals surface area contributed by atoms with Gasteiger partial charge in [0.2, 0.25) is 5.91 Å². The van der Waals surface area contributed by atoms with Gasteiger partial charge in [0.25, 0.3) is 0 Å². The lowest BCUT2D eigenvalue weighted by atomic mass is 10.2. The van der Waals surface area contributed by atoms with Gasteiger partial charge in [-0.05, 0) is 24.3 Å². The molecule has 0 radical (unpaired) electrons. The van der Waals surface area contributed by atoms with Crippen molar-refractivity contribution in [1.29, 1.82) is 0 Å². The second-order valence-electron chi connectivity index (χ2n) is 6.93. The minimum Gasteiger partial charge on any atom is -0.508 e. The number of carbonyl (C=O) groups is 2. The highest BCUT2D eigenvalue weighted by atomic mass is 19.4. The molecule has 36 heavy (non-hydrogen) atoms. The minimum atomic E-state index is -5.08. The third kappa shape index (κ3) is 6.62. The van der Waals surface area contributed by atoms with Crippen LogP contribution in [-0.4, -0.2) is 48.0 Å². The maximum Gasteiger partial charge on any atom is 0.490 e. The van der Waals surface area contributed by atoms with Gasteiger partial charge in [0.15, 0.2) is 11.6 Å². The Labute approximate surface area is 198 Å². The number of nitrogens with one attached hydrogen (secondary N) is 2. The molecule has 0 spiro atoms. The number of anilines is 3. The van der Waals surface area contributed by atoms with E-state index in [0.29, 0.717) is 22.4 Å². The number of aromatic hydroxyl groups is 1. The van der Waals surface area contributed by atoms with Crippen LogP contribution >= 0.6 is 0 Å². The molecule has 2 aromatic heterocycles. The second kappa shape index (κ2) is 10.6. The molecule has 2 aromatic carbocycles. The summed E-state index contributed by atoms with van der Waals surface area (Å²) in [7, 11) is 0. The van der Waals surface area contributed by atoms with Gasteiger partial charge in [0, 0.05) is 17.6 Å². The van der Waals surface area contributed by atoms with Gasteiger partial charge >= 0.3 is 12.1 Å². The lowest BCUT2D eigenvalue weighted by Gasteiger charge is -2.07. The number of aliphatic carboxylic acids is 1. The van der Waals surface area contributed by atoms with E-state index in [2.05, 4.69) is 25.7 Å². The predicted octanol–water partition coefficient (Wildman–Crippen LogP) is 3.83. The number of carbonyl (C=O) groups excluding carboxylic acids is 1. The zero-order chi connectivity index (χ0) is 26.5. The molecule has 0 atom stereocenters. The van der Waals surface area contributed by atoms with E-state index in [4.69, 9.17) is 9.90 Å². The van der Waals surface area contributed by atoms with Gasteiger partial charge in [-0.1, -0.05) is 6.07 Å². The lowest BCUT2D eigenvalue weighted by molar-refractivity contribution is -0.192. The number of hydrogen-bond donors (Lipinski definition) is 4. The van der Waals surface area contributed by atoms with E-state index < -0.39 is 29.7 Å². The number of halogens is 5. The maximum absolute atomic E-state index is 13.6. The number of alkyl halides is 3. The maximum atomic E-state index is 13.6. The SMILES string of the molecule is O=C(Cn1cc(Nc2ncnc3cc(O)ccc23)cn1)Nc1cccc(F)c1F.O=C(O)C(F)(F)F. The van der Waals surface area contributed by atoms with Crippen LogP contribution in [0.5, 0.6) is 5.75 Å². The Morgan fingerprint density at radius 3 is 2.50 bits per heavy atom. The molecule has 0 aliphatic rings. The highest BCUT2D eigenvalue weighted by Crippen LogP contribution is 2.25. The molecule has 188 valence electrons. The number of rotatable bonds is 5. The molecular formula is C21H15F5N6O4. The van der Waals surface area contributed by atoms with Crippen molar-refractivity contribution in [2.24, 2.45) is 0 Å². The van der Waals surface area contributed by atoms with E-state index in [-0.39, 0.29) is 18.0 Å². The summed E-state index contributed by atoms with van der Waals surface area (Å²) >= 11 is 0. The van der Waals surface area contributed by atoms with Crippen molar-refractivity contribution in [3.05, 3.63) is 66.8 Å². The number of amides is 1. The number of aromatic nitrogens is 4. The normalized spacial score (nSPS) is 10.9. The van der Waals surface area contributed by atoms with Gasteiger partial charge in [-0.2, -0.15) is 18.3 Å². The first-order chi connectivity index (χ1) is 16.9. The molecule has 0 bridgehead atoms. The average Bonchev–Trinajstić information content (AvgIpc) is 3.23. The van der Waals surface area contributed by atoms with Gasteiger partial charge in [0.1, 0.15) is 24.4 Å². The fourth-order valence-corrected chi connectivity index (χ4v) is 2.73. The number of phenolic OH excluding ortho intramolecular Hbond substituents is 1. The molecule has 2 heterocycles. The molecule has 0 unspecified atom stereocenters. The van der Waals surface area contributed by atoms with E-state index in [1.54, 1.807) is 12.3 Å². The van der Waals surface area contributed by atoms with Gasteiger partial charge < -0.3 is 20.8 Å². The van der Waals surface area contributed by atoms with Crippen molar-refractivity contribution < 1.29 is 41.8 Å². The third-order valence-electron chi connectivity index (χ3n) is 4.29. The van der Waals surface area contributed by atoms with Crippen LogP contribution in [0.4, 0.5) is 39.1 Å². The molecule has 10 nitrogen and oxygen atoms in total. The Morgan fingerprint density at radius 1 is 1.08 bits per heavy atom. The molecule has 4 aromatic rings. The number of phenols is 1. The summed E-state index contributed by atoms with van der Waals surface area (Å²) < 4.78 is 59.9. The first-order valence-electron chi connectivity index (χ1n) is 9.71. The van der Waals surface area contributed by atoms with E-state index in [0.717, 1.165) is 6.07 Å². The van der Waals surface area contributed by atoms with Gasteiger partial charge in [-0.15, -0.1) is 0 Å². The number of benzene rings is 2. The summed E-state index contributed by atoms with van der Waals surface area (Å²) in [5.41, 5.74) is 0.880. The summed E-state index contributed by atoms with van der Waals surface area (Å²) in [5, 5.41) is 26.8. The predicted molar refractivity (Wildman–Crippen MR) is 115 cm³/mol. The topological polar surface area (TPSA) is 142 Å². The van der Waals surface area contributed by atoms with E-state index in [1.165, 1.54) is 41.5 Å². The van der Waals surface area contributed by atoms with Crippen LogP contribution in [0.2, 0.25) is 0 Å². The number of hydrogen-bond acceptors (Lipinski definition) is 7. The third-order valence-corrected chi connectivity index (χ3v) is 4.29. The van der Waals surface area contributed by atoms with Crippen LogP contribution in [-0.2, 0) is 16.1 Å². The summed E-state index contributed by atoms with van der Waals surface area (Å²) in [6.07, 6.45) is -0.671. The van der Waals surface area contributed by atoms with Crippen LogP contribution in [0.1, 0.15) is 0 Å². The fourth-order valence-electron chi connectivity index (χ4n) is 2.73. The molecule has 0 aliphatic carbocycles. The van der Waals surface area contributed by atoms with E-state index in [9.17, 15) is 31.9 Å². The van der Waals surface area contributed by atoms with Gasteiger partial charge in [-0.25, -0.2) is 23.5 Å². The molecule has 1 amide bonds. The number of nitrogens with zero attached hydrogens (tertiary/aromatic N) is 4. The quantitative estimate of drug-likeness (QED) is 0.297. The Balaban J connectivity index is 0.000000454. The van der Waals surface area contributed by atoms with Crippen molar-refractivity contribution in [3.63, 3.8) is 0 Å². The standard InChI is InChI=1S/C19H14F2N6O2.C2HF3O2/c20-14-2-1-3-15(18(14)21)26-17(29)9-27-8-11(7-24-27)25-19-13-5-4-12(28)6-16(13)22-10-23-19;3-2(4,5)1(6)7/h1-8,10,28H,9H2,(H,26,29)(H,22,23,25);(H,6,7). The molecular weight excluding hydrogens is 495 g/mol. The Hall–Kier alpha value is -4.82. The van der Waals surface area contributed by atoms with Crippen LogP contribution in [0.15, 0.2) is 55.1 Å². The number of carboxylic acids is 1. The average molecular weight is 510 g/mol. The Bertz CT molecular complexity index is 1410. The first kappa shape index (κ1) is 25.8. The van der Waals surface area contributed by atoms with Crippen molar-refractivity contribution in [1.82, 2.24) is 19.7 Å². The van der Waals surface area contributed by atoms with Crippen molar-refractivity contribution in [2.75, 3.05) is 10.6 Å². The van der Waals surface area contributed by atoms with Gasteiger partial charge in [-0.3, -0.25) is 9.48 Å². The first-order valence-corrected chi connectivity index (χ1v) is 9.71. The molecule has 15 heteroatoms. The van der Waals surface area contributed by atoms with Crippen LogP contribution < -0.4 is 10.6 Å². The second-order valence-corrected chi connectivity index (χ2v) is 6.93. The fraction of sp³-hybridized carbons (Fsp3) is 0.0952. The number of carboxylic acid groups (broad SMARTS) is 1. The van der Waals surface area contributed by atoms with Crippen LogP contribution in [0, 0.1) is 11.6 Å². The molecule has 0 fully saturated rings.